The van der Waals surface area contributed by atoms with Crippen LogP contribution in [0.4, 0.5) is 0 Å². The lowest BCUT2D eigenvalue weighted by molar-refractivity contribution is 0.219. The Kier molecular flexibility index (Phi) is 5.33. The molecule has 2 rings (SSSR count). The summed E-state index contributed by atoms with van der Waals surface area (Å²) in [4.78, 5) is 0. The average molecular weight is 376 g/mol. The number of hydrogen-bond donors (Lipinski definition) is 1. The maximum absolute atomic E-state index is 10.5. The quantitative estimate of drug-likeness (QED) is 0.792. The molecule has 0 aliphatic rings. The van der Waals surface area contributed by atoms with Gasteiger partial charge in [-0.15, -0.1) is 0 Å². The number of aliphatic hydroxyl groups excluding tert-OH is 1. The molecule has 0 amide bonds. The van der Waals surface area contributed by atoms with Gasteiger partial charge in [0.1, 0.15) is 11.9 Å². The summed E-state index contributed by atoms with van der Waals surface area (Å²) in [6, 6.07) is 10.7. The van der Waals surface area contributed by atoms with Crippen LogP contribution < -0.4 is 4.74 Å². The van der Waals surface area contributed by atoms with E-state index in [4.69, 9.17) is 27.9 Å². The van der Waals surface area contributed by atoms with Crippen molar-refractivity contribution in [1.82, 2.24) is 0 Å². The van der Waals surface area contributed by atoms with Crippen molar-refractivity contribution >= 4 is 39.1 Å². The van der Waals surface area contributed by atoms with Gasteiger partial charge in [0.15, 0.2) is 0 Å². The van der Waals surface area contributed by atoms with Crippen molar-refractivity contribution in [2.24, 2.45) is 0 Å². The standard InChI is InChI=1S/C15H13BrCl2O2/c1-2-20-14-8-12(17)10(7-13(14)18)15(19)9-5-3-4-6-11(9)16/h3-8,15,19H,2H2,1H3. The zero-order valence-electron chi connectivity index (χ0n) is 10.7. The zero-order valence-corrected chi connectivity index (χ0v) is 13.8. The third-order valence-electron chi connectivity index (χ3n) is 2.85. The summed E-state index contributed by atoms with van der Waals surface area (Å²) in [5.74, 6) is 0.516. The second-order valence-electron chi connectivity index (χ2n) is 4.16. The van der Waals surface area contributed by atoms with Gasteiger partial charge in [-0.05, 0) is 24.6 Å². The first-order chi connectivity index (χ1) is 9.54. The van der Waals surface area contributed by atoms with Gasteiger partial charge < -0.3 is 9.84 Å². The van der Waals surface area contributed by atoms with E-state index in [2.05, 4.69) is 15.9 Å². The summed E-state index contributed by atoms with van der Waals surface area (Å²) >= 11 is 15.8. The molecule has 0 aliphatic carbocycles. The SMILES string of the molecule is CCOc1cc(Cl)c(C(O)c2ccccc2Br)cc1Cl. The van der Waals surface area contributed by atoms with E-state index in [1.54, 1.807) is 12.1 Å². The molecule has 0 heterocycles. The fourth-order valence-corrected chi connectivity index (χ4v) is 2.87. The van der Waals surface area contributed by atoms with Gasteiger partial charge in [-0.2, -0.15) is 0 Å². The summed E-state index contributed by atoms with van der Waals surface area (Å²) in [6.45, 7) is 2.37. The summed E-state index contributed by atoms with van der Waals surface area (Å²) in [6.07, 6.45) is -0.855. The van der Waals surface area contributed by atoms with E-state index >= 15 is 0 Å². The van der Waals surface area contributed by atoms with Crippen molar-refractivity contribution in [2.75, 3.05) is 6.61 Å². The average Bonchev–Trinajstić information content (AvgIpc) is 2.42. The van der Waals surface area contributed by atoms with E-state index in [0.29, 0.717) is 28.0 Å². The minimum Gasteiger partial charge on any atom is -0.492 e. The zero-order chi connectivity index (χ0) is 14.7. The molecule has 1 N–H and O–H groups in total. The van der Waals surface area contributed by atoms with E-state index in [-0.39, 0.29) is 0 Å². The molecular weight excluding hydrogens is 363 g/mol. The van der Waals surface area contributed by atoms with E-state index in [1.807, 2.05) is 31.2 Å². The first kappa shape index (κ1) is 15.6. The lowest BCUT2D eigenvalue weighted by atomic mass is 10.0. The molecule has 2 aromatic rings. The van der Waals surface area contributed by atoms with Gasteiger partial charge in [0.25, 0.3) is 0 Å². The molecule has 20 heavy (non-hydrogen) atoms. The Balaban J connectivity index is 2.43. The van der Waals surface area contributed by atoms with Crippen LogP contribution in [0, 0.1) is 0 Å². The Labute approximate surface area is 136 Å². The van der Waals surface area contributed by atoms with Crippen LogP contribution in [0.2, 0.25) is 10.0 Å². The molecule has 0 bridgehead atoms. The van der Waals surface area contributed by atoms with E-state index in [9.17, 15) is 5.11 Å². The molecule has 0 saturated carbocycles. The lowest BCUT2D eigenvalue weighted by Crippen LogP contribution is -2.02. The third-order valence-corrected chi connectivity index (χ3v) is 4.19. The van der Waals surface area contributed by atoms with Crippen LogP contribution >= 0.6 is 39.1 Å². The number of rotatable bonds is 4. The van der Waals surface area contributed by atoms with Crippen molar-refractivity contribution in [1.29, 1.82) is 0 Å². The van der Waals surface area contributed by atoms with Gasteiger partial charge in [-0.3, -0.25) is 0 Å². The molecule has 5 heteroatoms. The minimum atomic E-state index is -0.855. The van der Waals surface area contributed by atoms with Crippen molar-refractivity contribution in [2.45, 2.75) is 13.0 Å². The maximum Gasteiger partial charge on any atom is 0.139 e. The number of halogens is 3. The Bertz CT molecular complexity index is 617. The van der Waals surface area contributed by atoms with Crippen LogP contribution in [0.5, 0.6) is 5.75 Å². The smallest absolute Gasteiger partial charge is 0.139 e. The molecule has 0 saturated heterocycles. The van der Waals surface area contributed by atoms with Gasteiger partial charge in [-0.1, -0.05) is 57.3 Å². The van der Waals surface area contributed by atoms with E-state index in [1.165, 1.54) is 0 Å². The fraction of sp³-hybridized carbons (Fsp3) is 0.200. The molecule has 106 valence electrons. The Morgan fingerprint density at radius 3 is 2.50 bits per heavy atom. The highest BCUT2D eigenvalue weighted by molar-refractivity contribution is 9.10. The third kappa shape index (κ3) is 3.29. The van der Waals surface area contributed by atoms with Gasteiger partial charge in [0.2, 0.25) is 0 Å². The van der Waals surface area contributed by atoms with Crippen LogP contribution in [-0.2, 0) is 0 Å². The highest BCUT2D eigenvalue weighted by Crippen LogP contribution is 2.37. The molecule has 2 nitrogen and oxygen atoms in total. The molecular formula is C15H13BrCl2O2. The van der Waals surface area contributed by atoms with Crippen LogP contribution in [0.25, 0.3) is 0 Å². The van der Waals surface area contributed by atoms with Crippen LogP contribution in [0.1, 0.15) is 24.2 Å². The van der Waals surface area contributed by atoms with Crippen LogP contribution in [-0.4, -0.2) is 11.7 Å². The van der Waals surface area contributed by atoms with Gasteiger partial charge in [0.05, 0.1) is 16.7 Å². The second-order valence-corrected chi connectivity index (χ2v) is 5.83. The summed E-state index contributed by atoms with van der Waals surface area (Å²) in [7, 11) is 0. The van der Waals surface area contributed by atoms with Gasteiger partial charge in [-0.25, -0.2) is 0 Å². The Morgan fingerprint density at radius 1 is 1.15 bits per heavy atom. The van der Waals surface area contributed by atoms with E-state index < -0.39 is 6.10 Å². The molecule has 1 unspecified atom stereocenters. The highest BCUT2D eigenvalue weighted by atomic mass is 79.9. The molecule has 1 atom stereocenters. The lowest BCUT2D eigenvalue weighted by Gasteiger charge is -2.16. The molecule has 0 aromatic heterocycles. The first-order valence-corrected chi connectivity index (χ1v) is 7.63. The topological polar surface area (TPSA) is 29.5 Å². The van der Waals surface area contributed by atoms with E-state index in [0.717, 1.165) is 10.0 Å². The fourth-order valence-electron chi connectivity index (χ4n) is 1.88. The van der Waals surface area contributed by atoms with Crippen molar-refractivity contribution in [3.63, 3.8) is 0 Å². The predicted molar refractivity (Wildman–Crippen MR) is 85.8 cm³/mol. The van der Waals surface area contributed by atoms with Crippen LogP contribution in [0.15, 0.2) is 40.9 Å². The Morgan fingerprint density at radius 2 is 1.85 bits per heavy atom. The highest BCUT2D eigenvalue weighted by Gasteiger charge is 2.18. The predicted octanol–water partition coefficient (Wildman–Crippen LogP) is 5.24. The number of hydrogen-bond acceptors (Lipinski definition) is 2. The van der Waals surface area contributed by atoms with Crippen molar-refractivity contribution in [3.8, 4) is 5.75 Å². The summed E-state index contributed by atoms with van der Waals surface area (Å²) in [5, 5.41) is 11.3. The first-order valence-electron chi connectivity index (χ1n) is 6.08. The molecule has 0 spiro atoms. The van der Waals surface area contributed by atoms with Crippen molar-refractivity contribution < 1.29 is 9.84 Å². The molecule has 0 fully saturated rings. The van der Waals surface area contributed by atoms with Crippen LogP contribution in [0.3, 0.4) is 0 Å². The van der Waals surface area contributed by atoms with Crippen molar-refractivity contribution in [3.05, 3.63) is 62.0 Å². The summed E-state index contributed by atoms with van der Waals surface area (Å²) < 4.78 is 6.19. The van der Waals surface area contributed by atoms with Gasteiger partial charge in [0, 0.05) is 16.1 Å². The summed E-state index contributed by atoms with van der Waals surface area (Å²) in [5.41, 5.74) is 1.28. The Hall–Kier alpha value is -0.740. The minimum absolute atomic E-state index is 0.418. The number of benzene rings is 2. The van der Waals surface area contributed by atoms with Gasteiger partial charge >= 0.3 is 0 Å². The normalized spacial score (nSPS) is 12.2. The molecule has 0 aliphatic heterocycles. The largest absolute Gasteiger partial charge is 0.492 e. The monoisotopic (exact) mass is 374 g/mol. The molecule has 2 aromatic carbocycles. The number of ether oxygens (including phenoxy) is 1. The second kappa shape index (κ2) is 6.81. The maximum atomic E-state index is 10.5. The molecule has 0 radical (unpaired) electrons. The number of aliphatic hydroxyl groups is 1.